The third-order valence-corrected chi connectivity index (χ3v) is 4.37. The van der Waals surface area contributed by atoms with Crippen LogP contribution in [0.25, 0.3) is 0 Å². The molecule has 3 rings (SSSR count). The summed E-state index contributed by atoms with van der Waals surface area (Å²) in [5, 5.41) is 12.3. The lowest BCUT2D eigenvalue weighted by molar-refractivity contribution is -0.139. The van der Waals surface area contributed by atoms with E-state index in [0.29, 0.717) is 12.8 Å². The Kier molecular flexibility index (Phi) is 4.14. The zero-order valence-corrected chi connectivity index (χ0v) is 12.8. The number of hydrogen-bond donors (Lipinski definition) is 2. The van der Waals surface area contributed by atoms with E-state index in [1.165, 1.54) is 0 Å². The second kappa shape index (κ2) is 6.24. The summed E-state index contributed by atoms with van der Waals surface area (Å²) in [6, 6.07) is 7.19. The number of rotatable bonds is 5. The Morgan fingerprint density at radius 1 is 1.39 bits per heavy atom. The molecule has 6 nitrogen and oxygen atoms in total. The van der Waals surface area contributed by atoms with E-state index in [4.69, 9.17) is 0 Å². The van der Waals surface area contributed by atoms with Crippen LogP contribution in [0.4, 0.5) is 0 Å². The average molecular weight is 313 g/mol. The number of carbonyl (C=O) groups is 2. The molecular formula is C17H19N3O3. The Bertz CT molecular complexity index is 712. The van der Waals surface area contributed by atoms with Crippen LogP contribution in [0, 0.1) is 0 Å². The quantitative estimate of drug-likeness (QED) is 0.887. The van der Waals surface area contributed by atoms with E-state index in [1.54, 1.807) is 12.5 Å². The molecule has 2 aromatic rings. The van der Waals surface area contributed by atoms with Gasteiger partial charge in [0.1, 0.15) is 0 Å². The molecular weight excluding hydrogens is 294 g/mol. The van der Waals surface area contributed by atoms with Crippen LogP contribution in [0.15, 0.2) is 43.0 Å². The SMILES string of the molecule is CC(CC(=O)NC1CC(C(=O)O)c2ccccc21)n1ccnc1. The molecule has 6 heteroatoms. The van der Waals surface area contributed by atoms with Crippen molar-refractivity contribution < 1.29 is 14.7 Å². The minimum absolute atomic E-state index is 0.00409. The van der Waals surface area contributed by atoms with Crippen LogP contribution in [-0.2, 0) is 9.59 Å². The number of carboxylic acid groups (broad SMARTS) is 1. The molecule has 1 heterocycles. The summed E-state index contributed by atoms with van der Waals surface area (Å²) in [6.07, 6.45) is 5.91. The Hall–Kier alpha value is -2.63. The molecule has 3 atom stereocenters. The highest BCUT2D eigenvalue weighted by Gasteiger charge is 2.35. The number of hydrogen-bond acceptors (Lipinski definition) is 3. The Morgan fingerprint density at radius 2 is 2.13 bits per heavy atom. The van der Waals surface area contributed by atoms with Crippen LogP contribution in [0.3, 0.4) is 0 Å². The van der Waals surface area contributed by atoms with Gasteiger partial charge in [-0.25, -0.2) is 4.98 Å². The van der Waals surface area contributed by atoms with Gasteiger partial charge in [-0.2, -0.15) is 0 Å². The van der Waals surface area contributed by atoms with Crippen molar-refractivity contribution in [2.75, 3.05) is 0 Å². The second-order valence-corrected chi connectivity index (χ2v) is 5.94. The molecule has 2 N–H and O–H groups in total. The number of nitrogens with zero attached hydrogens (tertiary/aromatic N) is 2. The number of carboxylic acids is 1. The van der Waals surface area contributed by atoms with Crippen molar-refractivity contribution >= 4 is 11.9 Å². The first kappa shape index (κ1) is 15.3. The van der Waals surface area contributed by atoms with Gasteiger partial charge in [0.25, 0.3) is 0 Å². The average Bonchev–Trinajstić information content (AvgIpc) is 3.15. The number of aliphatic carboxylic acids is 1. The molecule has 120 valence electrons. The summed E-state index contributed by atoms with van der Waals surface area (Å²) in [5.41, 5.74) is 1.71. The van der Waals surface area contributed by atoms with Crippen molar-refractivity contribution in [3.63, 3.8) is 0 Å². The summed E-state index contributed by atoms with van der Waals surface area (Å²) in [5.74, 6) is -1.49. The van der Waals surface area contributed by atoms with E-state index in [0.717, 1.165) is 11.1 Å². The molecule has 0 fully saturated rings. The molecule has 0 saturated heterocycles. The van der Waals surface area contributed by atoms with E-state index in [-0.39, 0.29) is 18.0 Å². The fourth-order valence-electron chi connectivity index (χ4n) is 3.16. The number of nitrogens with one attached hydrogen (secondary N) is 1. The van der Waals surface area contributed by atoms with Gasteiger partial charge in [-0.1, -0.05) is 24.3 Å². The highest BCUT2D eigenvalue weighted by Crippen LogP contribution is 2.40. The molecule has 0 bridgehead atoms. The lowest BCUT2D eigenvalue weighted by atomic mass is 10.0. The number of fused-ring (bicyclic) bond motifs is 1. The van der Waals surface area contributed by atoms with Gasteiger partial charge in [0.05, 0.1) is 18.3 Å². The van der Waals surface area contributed by atoms with Gasteiger partial charge < -0.3 is 15.0 Å². The Labute approximate surface area is 134 Å². The molecule has 1 aliphatic carbocycles. The second-order valence-electron chi connectivity index (χ2n) is 5.94. The topological polar surface area (TPSA) is 84.2 Å². The van der Waals surface area contributed by atoms with Crippen LogP contribution >= 0.6 is 0 Å². The molecule has 3 unspecified atom stereocenters. The number of amides is 1. The maximum atomic E-state index is 12.3. The zero-order valence-electron chi connectivity index (χ0n) is 12.8. The van der Waals surface area contributed by atoms with E-state index in [1.807, 2.05) is 42.0 Å². The van der Waals surface area contributed by atoms with Gasteiger partial charge in [0, 0.05) is 24.9 Å². The fourth-order valence-corrected chi connectivity index (χ4v) is 3.16. The molecule has 0 spiro atoms. The first-order valence-electron chi connectivity index (χ1n) is 7.64. The van der Waals surface area contributed by atoms with E-state index >= 15 is 0 Å². The molecule has 1 amide bonds. The molecule has 0 radical (unpaired) electrons. The van der Waals surface area contributed by atoms with Crippen LogP contribution in [0.5, 0.6) is 0 Å². The normalized spacial score (nSPS) is 20.7. The Balaban J connectivity index is 1.69. The third-order valence-electron chi connectivity index (χ3n) is 4.37. The van der Waals surface area contributed by atoms with Crippen LogP contribution in [0.1, 0.15) is 48.9 Å². The predicted octanol–water partition coefficient (Wildman–Crippen LogP) is 2.26. The monoisotopic (exact) mass is 313 g/mol. The van der Waals surface area contributed by atoms with Gasteiger partial charge in [0.15, 0.2) is 0 Å². The standard InChI is InChI=1S/C17H19N3O3/c1-11(20-7-6-18-10-20)8-16(21)19-15-9-14(17(22)23)12-4-2-3-5-13(12)15/h2-7,10-11,14-15H,8-9H2,1H3,(H,19,21)(H,22,23). The first-order valence-corrected chi connectivity index (χ1v) is 7.64. The van der Waals surface area contributed by atoms with Crippen LogP contribution < -0.4 is 5.32 Å². The predicted molar refractivity (Wildman–Crippen MR) is 83.9 cm³/mol. The molecule has 0 saturated carbocycles. The molecule has 1 aromatic heterocycles. The van der Waals surface area contributed by atoms with E-state index < -0.39 is 11.9 Å². The minimum atomic E-state index is -0.846. The van der Waals surface area contributed by atoms with Gasteiger partial charge in [0.2, 0.25) is 5.91 Å². The molecule has 0 aliphatic heterocycles. The van der Waals surface area contributed by atoms with Crippen LogP contribution in [0.2, 0.25) is 0 Å². The largest absolute Gasteiger partial charge is 0.481 e. The summed E-state index contributed by atoms with van der Waals surface area (Å²) in [4.78, 5) is 27.7. The van der Waals surface area contributed by atoms with Crippen molar-refractivity contribution in [2.45, 2.75) is 37.8 Å². The number of benzene rings is 1. The van der Waals surface area contributed by atoms with Gasteiger partial charge in [-0.15, -0.1) is 0 Å². The van der Waals surface area contributed by atoms with E-state index in [2.05, 4.69) is 10.3 Å². The van der Waals surface area contributed by atoms with Crippen LogP contribution in [-0.4, -0.2) is 26.5 Å². The zero-order chi connectivity index (χ0) is 16.4. The summed E-state index contributed by atoms with van der Waals surface area (Å²) >= 11 is 0. The number of aromatic nitrogens is 2. The first-order chi connectivity index (χ1) is 11.1. The van der Waals surface area contributed by atoms with Crippen molar-refractivity contribution in [3.05, 3.63) is 54.1 Å². The summed E-state index contributed by atoms with van der Waals surface area (Å²) in [6.45, 7) is 1.95. The lowest BCUT2D eigenvalue weighted by Gasteiger charge is -2.17. The third kappa shape index (κ3) is 3.11. The molecule has 1 aromatic carbocycles. The van der Waals surface area contributed by atoms with Crippen molar-refractivity contribution in [1.82, 2.24) is 14.9 Å². The van der Waals surface area contributed by atoms with Gasteiger partial charge >= 0.3 is 5.97 Å². The van der Waals surface area contributed by atoms with Crippen molar-refractivity contribution in [3.8, 4) is 0 Å². The minimum Gasteiger partial charge on any atom is -0.481 e. The lowest BCUT2D eigenvalue weighted by Crippen LogP contribution is -2.29. The fraction of sp³-hybridized carbons (Fsp3) is 0.353. The molecule has 23 heavy (non-hydrogen) atoms. The van der Waals surface area contributed by atoms with Gasteiger partial charge in [-0.05, 0) is 24.5 Å². The number of imidazole rings is 1. The maximum absolute atomic E-state index is 12.3. The summed E-state index contributed by atoms with van der Waals surface area (Å²) < 4.78 is 1.88. The van der Waals surface area contributed by atoms with Crippen molar-refractivity contribution in [2.24, 2.45) is 0 Å². The molecule has 1 aliphatic rings. The maximum Gasteiger partial charge on any atom is 0.311 e. The Morgan fingerprint density at radius 3 is 2.78 bits per heavy atom. The van der Waals surface area contributed by atoms with Gasteiger partial charge in [-0.3, -0.25) is 9.59 Å². The highest BCUT2D eigenvalue weighted by atomic mass is 16.4. The highest BCUT2D eigenvalue weighted by molar-refractivity contribution is 5.80. The van der Waals surface area contributed by atoms with Crippen molar-refractivity contribution in [1.29, 1.82) is 0 Å². The summed E-state index contributed by atoms with van der Waals surface area (Å²) in [7, 11) is 0. The smallest absolute Gasteiger partial charge is 0.311 e. The number of carbonyl (C=O) groups excluding carboxylic acids is 1. The van der Waals surface area contributed by atoms with E-state index in [9.17, 15) is 14.7 Å².